The monoisotopic (exact) mass is 253 g/mol. The first kappa shape index (κ1) is 11.4. The van der Waals surface area contributed by atoms with Crippen LogP contribution in [0.1, 0.15) is 6.04 Å². The van der Waals surface area contributed by atoms with Gasteiger partial charge in [0.15, 0.2) is 0 Å². The van der Waals surface area contributed by atoms with Gasteiger partial charge in [0, 0.05) is 17.5 Å². The van der Waals surface area contributed by atoms with Gasteiger partial charge >= 0.3 is 0 Å². The van der Waals surface area contributed by atoms with Gasteiger partial charge in [0.1, 0.15) is 0 Å². The lowest BCUT2D eigenvalue weighted by atomic mass is 10.2. The van der Waals surface area contributed by atoms with Crippen molar-refractivity contribution >= 4 is 16.6 Å². The third kappa shape index (κ3) is 2.06. The summed E-state index contributed by atoms with van der Waals surface area (Å²) in [6, 6.07) is 4.74. The number of non-ortho nitro benzene ring substituents is 1. The predicted molar refractivity (Wildman–Crippen MR) is 72.8 cm³/mol. The van der Waals surface area contributed by atoms with E-state index in [2.05, 4.69) is 5.10 Å². The van der Waals surface area contributed by atoms with Crippen molar-refractivity contribution in [1.82, 2.24) is 9.78 Å². The highest BCUT2D eigenvalue weighted by molar-refractivity contribution is 5.81. The van der Waals surface area contributed by atoms with Crippen LogP contribution in [0.25, 0.3) is 10.9 Å². The number of hydrogen-bond donors (Lipinski definition) is 0. The van der Waals surface area contributed by atoms with Crippen LogP contribution in [0.4, 0.5) is 5.69 Å². The molecular weight excluding hydrogens is 242 g/mol. The van der Waals surface area contributed by atoms with Gasteiger partial charge in [0.2, 0.25) is 0 Å². The second kappa shape index (κ2) is 4.53. The van der Waals surface area contributed by atoms with E-state index >= 15 is 0 Å². The van der Waals surface area contributed by atoms with Crippen LogP contribution in [-0.4, -0.2) is 14.7 Å². The molecular formula is C14H11N3O2. The minimum atomic E-state index is -0.392. The lowest BCUT2D eigenvalue weighted by molar-refractivity contribution is -0.384. The number of hydrogen-bond acceptors (Lipinski definition) is 3. The zero-order chi connectivity index (χ0) is 13.2. The van der Waals surface area contributed by atoms with Crippen LogP contribution >= 0.6 is 0 Å². The quantitative estimate of drug-likeness (QED) is 0.610. The molecule has 0 spiro atoms. The number of nitro benzene ring substituents is 1. The maximum Gasteiger partial charge on any atom is 0.271 e. The number of allylic oxidation sites excluding steroid dienone is 6. The van der Waals surface area contributed by atoms with E-state index in [1.54, 1.807) is 23.0 Å². The van der Waals surface area contributed by atoms with Gasteiger partial charge < -0.3 is 0 Å². The lowest BCUT2D eigenvalue weighted by Gasteiger charge is -2.09. The van der Waals surface area contributed by atoms with Crippen LogP contribution in [0, 0.1) is 10.1 Å². The summed E-state index contributed by atoms with van der Waals surface area (Å²) < 4.78 is 1.78. The fourth-order valence-electron chi connectivity index (χ4n) is 2.09. The molecule has 1 aromatic carbocycles. The van der Waals surface area contributed by atoms with E-state index in [0.717, 1.165) is 10.9 Å². The second-order valence-electron chi connectivity index (χ2n) is 4.23. The van der Waals surface area contributed by atoms with Crippen LogP contribution in [0.15, 0.2) is 60.9 Å². The molecule has 19 heavy (non-hydrogen) atoms. The maximum atomic E-state index is 10.8. The van der Waals surface area contributed by atoms with Gasteiger partial charge in [-0.3, -0.25) is 14.8 Å². The third-order valence-corrected chi connectivity index (χ3v) is 3.03. The van der Waals surface area contributed by atoms with Crippen molar-refractivity contribution in [3.05, 3.63) is 71.0 Å². The minimum Gasteiger partial charge on any atom is -0.258 e. The number of aromatic nitrogens is 2. The summed E-state index contributed by atoms with van der Waals surface area (Å²) >= 11 is 0. The van der Waals surface area contributed by atoms with Gasteiger partial charge in [-0.15, -0.1) is 0 Å². The first-order valence-electron chi connectivity index (χ1n) is 5.89. The molecule has 1 aliphatic carbocycles. The van der Waals surface area contributed by atoms with Crippen molar-refractivity contribution in [3.8, 4) is 0 Å². The molecule has 0 saturated heterocycles. The normalized spacial score (nSPS) is 14.9. The summed E-state index contributed by atoms with van der Waals surface area (Å²) in [6.07, 6.45) is 13.5. The second-order valence-corrected chi connectivity index (χ2v) is 4.23. The lowest BCUT2D eigenvalue weighted by Crippen LogP contribution is -2.05. The van der Waals surface area contributed by atoms with Crippen LogP contribution in [-0.2, 0) is 0 Å². The van der Waals surface area contributed by atoms with Crippen LogP contribution in [0.2, 0.25) is 0 Å². The number of nitrogens with zero attached hydrogens (tertiary/aromatic N) is 3. The van der Waals surface area contributed by atoms with Crippen molar-refractivity contribution < 1.29 is 4.92 Å². The summed E-state index contributed by atoms with van der Waals surface area (Å²) in [5.41, 5.74) is 0.837. The standard InChI is InChI=1S/C14H11N3O2/c18-17(19)13-8-7-11-10-15-16(14(11)9-13)12-5-3-1-2-4-6-12/h1-10,12H. The molecule has 0 saturated carbocycles. The third-order valence-electron chi connectivity index (χ3n) is 3.03. The Morgan fingerprint density at radius 1 is 1.16 bits per heavy atom. The molecule has 1 aromatic heterocycles. The Balaban J connectivity index is 2.13. The summed E-state index contributed by atoms with van der Waals surface area (Å²) in [5, 5.41) is 16.1. The fourth-order valence-corrected chi connectivity index (χ4v) is 2.09. The number of nitro groups is 1. The minimum absolute atomic E-state index is 0.0329. The highest BCUT2D eigenvalue weighted by atomic mass is 16.6. The smallest absolute Gasteiger partial charge is 0.258 e. The molecule has 0 atom stereocenters. The zero-order valence-electron chi connectivity index (χ0n) is 10.0. The van der Waals surface area contributed by atoms with Crippen molar-refractivity contribution in [2.75, 3.05) is 0 Å². The summed E-state index contributed by atoms with van der Waals surface area (Å²) in [5.74, 6) is 0. The van der Waals surface area contributed by atoms with Crippen molar-refractivity contribution in [2.45, 2.75) is 6.04 Å². The highest BCUT2D eigenvalue weighted by Gasteiger charge is 2.13. The Morgan fingerprint density at radius 3 is 2.58 bits per heavy atom. The fraction of sp³-hybridized carbons (Fsp3) is 0.0714. The molecule has 0 bridgehead atoms. The molecule has 5 heteroatoms. The number of benzene rings is 1. The number of rotatable bonds is 2. The predicted octanol–water partition coefficient (Wildman–Crippen LogP) is 3.17. The zero-order valence-corrected chi connectivity index (χ0v) is 10.0. The molecule has 0 aliphatic heterocycles. The summed E-state index contributed by atoms with van der Waals surface area (Å²) in [4.78, 5) is 10.5. The Hall–Kier alpha value is -2.69. The van der Waals surface area contributed by atoms with Crippen LogP contribution < -0.4 is 0 Å². The van der Waals surface area contributed by atoms with Crippen LogP contribution in [0.5, 0.6) is 0 Å². The van der Waals surface area contributed by atoms with Crippen molar-refractivity contribution in [3.63, 3.8) is 0 Å². The largest absolute Gasteiger partial charge is 0.271 e. The molecule has 2 aromatic rings. The molecule has 0 radical (unpaired) electrons. The topological polar surface area (TPSA) is 61.0 Å². The molecule has 1 heterocycles. The van der Waals surface area contributed by atoms with Crippen molar-refractivity contribution in [1.29, 1.82) is 0 Å². The summed E-state index contributed by atoms with van der Waals surface area (Å²) in [7, 11) is 0. The Kier molecular flexibility index (Phi) is 2.72. The molecule has 5 nitrogen and oxygen atoms in total. The SMILES string of the molecule is O=[N+]([O-])c1ccc2cnn(C3C=CC=CC=C3)c2c1. The van der Waals surface area contributed by atoms with E-state index < -0.39 is 4.92 Å². The van der Waals surface area contributed by atoms with Gasteiger partial charge in [-0.1, -0.05) is 36.5 Å². The Labute approximate surface area is 109 Å². The van der Waals surface area contributed by atoms with E-state index in [0.29, 0.717) is 0 Å². The van der Waals surface area contributed by atoms with Gasteiger partial charge in [0.05, 0.1) is 22.7 Å². The Bertz CT molecular complexity index is 709. The van der Waals surface area contributed by atoms with E-state index in [4.69, 9.17) is 0 Å². The highest BCUT2D eigenvalue weighted by Crippen LogP contribution is 2.24. The van der Waals surface area contributed by atoms with E-state index in [-0.39, 0.29) is 11.7 Å². The van der Waals surface area contributed by atoms with E-state index in [1.807, 2.05) is 36.5 Å². The Morgan fingerprint density at radius 2 is 1.89 bits per heavy atom. The van der Waals surface area contributed by atoms with E-state index in [9.17, 15) is 10.1 Å². The molecule has 94 valence electrons. The molecule has 0 unspecified atom stereocenters. The average Bonchev–Trinajstić information content (AvgIpc) is 2.64. The van der Waals surface area contributed by atoms with Gasteiger partial charge in [-0.2, -0.15) is 5.10 Å². The average molecular weight is 253 g/mol. The molecule has 0 N–H and O–H groups in total. The first-order chi connectivity index (χ1) is 9.25. The van der Waals surface area contributed by atoms with Gasteiger partial charge in [-0.05, 0) is 6.07 Å². The molecule has 1 aliphatic rings. The van der Waals surface area contributed by atoms with Crippen LogP contribution in [0.3, 0.4) is 0 Å². The summed E-state index contributed by atoms with van der Waals surface area (Å²) in [6.45, 7) is 0. The number of fused-ring (bicyclic) bond motifs is 1. The van der Waals surface area contributed by atoms with Crippen molar-refractivity contribution in [2.24, 2.45) is 0 Å². The maximum absolute atomic E-state index is 10.8. The van der Waals surface area contributed by atoms with E-state index in [1.165, 1.54) is 6.07 Å². The molecule has 3 rings (SSSR count). The van der Waals surface area contributed by atoms with Gasteiger partial charge in [-0.25, -0.2) is 0 Å². The van der Waals surface area contributed by atoms with Gasteiger partial charge in [0.25, 0.3) is 5.69 Å². The first-order valence-corrected chi connectivity index (χ1v) is 5.89. The molecule has 0 fully saturated rings. The molecule has 0 amide bonds.